The Labute approximate surface area is 117 Å². The second kappa shape index (κ2) is 6.23. The van der Waals surface area contributed by atoms with Gasteiger partial charge >= 0.3 is 5.97 Å². The van der Waals surface area contributed by atoms with Crippen molar-refractivity contribution >= 4 is 5.97 Å². The van der Waals surface area contributed by atoms with Gasteiger partial charge in [-0.25, -0.2) is 0 Å². The average molecular weight is 268 g/mol. The van der Waals surface area contributed by atoms with E-state index in [9.17, 15) is 4.79 Å². The predicted molar refractivity (Wildman–Crippen MR) is 76.1 cm³/mol. The zero-order valence-corrected chi connectivity index (χ0v) is 12.7. The van der Waals surface area contributed by atoms with E-state index in [0.717, 1.165) is 32.6 Å². The van der Waals surface area contributed by atoms with Crippen molar-refractivity contribution < 1.29 is 9.53 Å². The van der Waals surface area contributed by atoms with Crippen LogP contribution in [0.5, 0.6) is 0 Å². The Balaban J connectivity index is 2.07. The second-order valence-electron chi connectivity index (χ2n) is 6.21. The number of carbonyl (C=O) groups is 1. The summed E-state index contributed by atoms with van der Waals surface area (Å²) in [5.41, 5.74) is 0.0347. The van der Waals surface area contributed by atoms with Crippen molar-refractivity contribution in [2.75, 3.05) is 32.8 Å². The molecular weight excluding hydrogens is 240 g/mol. The van der Waals surface area contributed by atoms with Crippen LogP contribution in [-0.2, 0) is 9.53 Å². The highest BCUT2D eigenvalue weighted by atomic mass is 16.5. The van der Waals surface area contributed by atoms with E-state index in [2.05, 4.69) is 23.6 Å². The molecule has 0 spiro atoms. The van der Waals surface area contributed by atoms with Crippen molar-refractivity contribution in [2.45, 2.75) is 58.0 Å². The Morgan fingerprint density at radius 1 is 1.26 bits per heavy atom. The first kappa shape index (κ1) is 14.8. The van der Waals surface area contributed by atoms with Gasteiger partial charge in [-0.15, -0.1) is 0 Å². The molecule has 0 saturated carbocycles. The van der Waals surface area contributed by atoms with Crippen molar-refractivity contribution in [1.29, 1.82) is 0 Å². The Bertz CT molecular complexity index is 313. The lowest BCUT2D eigenvalue weighted by Crippen LogP contribution is -2.51. The van der Waals surface area contributed by atoms with E-state index in [-0.39, 0.29) is 11.5 Å². The van der Waals surface area contributed by atoms with Gasteiger partial charge in [0.05, 0.1) is 13.0 Å². The lowest BCUT2D eigenvalue weighted by atomic mass is 9.92. The number of esters is 1. The number of likely N-dealkylation sites (tertiary alicyclic amines) is 2. The van der Waals surface area contributed by atoms with Crippen LogP contribution in [0.2, 0.25) is 0 Å². The molecule has 2 aliphatic rings. The normalized spacial score (nSPS) is 29.3. The first-order chi connectivity index (χ1) is 9.07. The maximum atomic E-state index is 12.0. The van der Waals surface area contributed by atoms with E-state index in [4.69, 9.17) is 4.74 Å². The minimum atomic E-state index is -0.0278. The molecule has 1 atom stereocenters. The number of ether oxygens (including phenoxy) is 1. The minimum absolute atomic E-state index is 0.0278. The monoisotopic (exact) mass is 268 g/mol. The summed E-state index contributed by atoms with van der Waals surface area (Å²) in [5, 5.41) is 0. The number of nitrogens with zero attached hydrogens (tertiary/aromatic N) is 2. The van der Waals surface area contributed by atoms with Gasteiger partial charge in [0.25, 0.3) is 0 Å². The molecule has 4 nitrogen and oxygen atoms in total. The van der Waals surface area contributed by atoms with E-state index < -0.39 is 0 Å². The standard InChI is InChI=1S/C15H28N2O2/c1-4-19-14(18)11-15(17-8-5-6-9-17)7-10-16(12-15)13(2)3/h13H,4-12H2,1-3H3. The third-order valence-electron chi connectivity index (χ3n) is 4.65. The first-order valence-corrected chi connectivity index (χ1v) is 7.72. The fraction of sp³-hybridized carbons (Fsp3) is 0.933. The molecule has 1 unspecified atom stereocenters. The molecule has 2 heterocycles. The van der Waals surface area contributed by atoms with Gasteiger partial charge < -0.3 is 4.74 Å². The number of hydrogen-bond acceptors (Lipinski definition) is 4. The Morgan fingerprint density at radius 2 is 1.95 bits per heavy atom. The van der Waals surface area contributed by atoms with Crippen molar-refractivity contribution in [1.82, 2.24) is 9.80 Å². The van der Waals surface area contributed by atoms with Crippen LogP contribution in [0.4, 0.5) is 0 Å². The molecule has 110 valence electrons. The Hall–Kier alpha value is -0.610. The number of carbonyl (C=O) groups excluding carboxylic acids is 1. The molecule has 4 heteroatoms. The summed E-state index contributed by atoms with van der Waals surface area (Å²) in [6, 6.07) is 0.562. The van der Waals surface area contributed by atoms with Crippen LogP contribution >= 0.6 is 0 Å². The molecule has 2 saturated heterocycles. The summed E-state index contributed by atoms with van der Waals surface area (Å²) in [5.74, 6) is -0.0278. The predicted octanol–water partition coefficient (Wildman–Crippen LogP) is 1.89. The molecule has 0 amide bonds. The Morgan fingerprint density at radius 3 is 2.47 bits per heavy atom. The summed E-state index contributed by atoms with van der Waals surface area (Å²) in [6.45, 7) is 11.3. The third-order valence-corrected chi connectivity index (χ3v) is 4.65. The number of hydrogen-bond donors (Lipinski definition) is 0. The highest BCUT2D eigenvalue weighted by Gasteiger charge is 2.45. The van der Waals surface area contributed by atoms with Crippen molar-refractivity contribution in [3.8, 4) is 0 Å². The quantitative estimate of drug-likeness (QED) is 0.713. The van der Waals surface area contributed by atoms with Crippen LogP contribution in [0.3, 0.4) is 0 Å². The van der Waals surface area contributed by atoms with Crippen LogP contribution in [-0.4, -0.2) is 60.1 Å². The molecule has 2 rings (SSSR count). The lowest BCUT2D eigenvalue weighted by Gasteiger charge is -2.38. The summed E-state index contributed by atoms with van der Waals surface area (Å²) in [7, 11) is 0. The molecule has 2 aliphatic heterocycles. The molecule has 0 bridgehead atoms. The molecule has 0 aromatic carbocycles. The number of rotatable bonds is 5. The van der Waals surface area contributed by atoms with Gasteiger partial charge in [0.2, 0.25) is 0 Å². The van der Waals surface area contributed by atoms with Gasteiger partial charge in [-0.2, -0.15) is 0 Å². The maximum Gasteiger partial charge on any atom is 0.307 e. The van der Waals surface area contributed by atoms with Crippen molar-refractivity contribution in [3.05, 3.63) is 0 Å². The van der Waals surface area contributed by atoms with Crippen LogP contribution in [0.1, 0.15) is 46.5 Å². The van der Waals surface area contributed by atoms with E-state index in [1.54, 1.807) is 0 Å². The fourth-order valence-electron chi connectivity index (χ4n) is 3.52. The van der Waals surface area contributed by atoms with Gasteiger partial charge in [-0.1, -0.05) is 0 Å². The van der Waals surface area contributed by atoms with Crippen molar-refractivity contribution in [3.63, 3.8) is 0 Å². The summed E-state index contributed by atoms with van der Waals surface area (Å²) in [4.78, 5) is 17.0. The van der Waals surface area contributed by atoms with Crippen LogP contribution < -0.4 is 0 Å². The molecular formula is C15H28N2O2. The lowest BCUT2D eigenvalue weighted by molar-refractivity contribution is -0.146. The van der Waals surface area contributed by atoms with Gasteiger partial charge in [0.1, 0.15) is 0 Å². The highest BCUT2D eigenvalue weighted by molar-refractivity contribution is 5.71. The molecule has 19 heavy (non-hydrogen) atoms. The topological polar surface area (TPSA) is 32.8 Å². The van der Waals surface area contributed by atoms with Gasteiger partial charge in [0.15, 0.2) is 0 Å². The van der Waals surface area contributed by atoms with Gasteiger partial charge in [-0.05, 0) is 53.1 Å². The molecule has 0 radical (unpaired) electrons. The average Bonchev–Trinajstić information content (AvgIpc) is 2.97. The van der Waals surface area contributed by atoms with E-state index in [1.165, 1.54) is 12.8 Å². The SMILES string of the molecule is CCOC(=O)CC1(N2CCCC2)CCN(C(C)C)C1. The summed E-state index contributed by atoms with van der Waals surface area (Å²) in [6.07, 6.45) is 4.20. The largest absolute Gasteiger partial charge is 0.466 e. The maximum absolute atomic E-state index is 12.0. The molecule has 2 fully saturated rings. The summed E-state index contributed by atoms with van der Waals surface area (Å²) >= 11 is 0. The molecule has 0 N–H and O–H groups in total. The van der Waals surface area contributed by atoms with Crippen LogP contribution in [0.25, 0.3) is 0 Å². The van der Waals surface area contributed by atoms with Crippen LogP contribution in [0, 0.1) is 0 Å². The molecule has 0 aromatic heterocycles. The molecule has 0 aliphatic carbocycles. The zero-order chi connectivity index (χ0) is 13.9. The molecule has 0 aromatic rings. The first-order valence-electron chi connectivity index (χ1n) is 7.72. The zero-order valence-electron chi connectivity index (χ0n) is 12.7. The van der Waals surface area contributed by atoms with Gasteiger partial charge in [0, 0.05) is 24.7 Å². The van der Waals surface area contributed by atoms with Crippen molar-refractivity contribution in [2.24, 2.45) is 0 Å². The summed E-state index contributed by atoms with van der Waals surface area (Å²) < 4.78 is 5.20. The smallest absolute Gasteiger partial charge is 0.307 e. The minimum Gasteiger partial charge on any atom is -0.466 e. The van der Waals surface area contributed by atoms with Gasteiger partial charge in [-0.3, -0.25) is 14.6 Å². The Kier molecular flexibility index (Phi) is 4.85. The second-order valence-corrected chi connectivity index (χ2v) is 6.21. The van der Waals surface area contributed by atoms with Crippen LogP contribution in [0.15, 0.2) is 0 Å². The fourth-order valence-corrected chi connectivity index (χ4v) is 3.52. The van der Waals surface area contributed by atoms with E-state index in [1.807, 2.05) is 6.92 Å². The van der Waals surface area contributed by atoms with E-state index in [0.29, 0.717) is 19.1 Å². The highest BCUT2D eigenvalue weighted by Crippen LogP contribution is 2.35. The van der Waals surface area contributed by atoms with E-state index >= 15 is 0 Å². The third kappa shape index (κ3) is 3.29.